The summed E-state index contributed by atoms with van der Waals surface area (Å²) in [4.78, 5) is 4.93. The van der Waals surface area contributed by atoms with Crippen LogP contribution in [-0.2, 0) is 11.3 Å². The highest BCUT2D eigenvalue weighted by Gasteiger charge is 2.17. The van der Waals surface area contributed by atoms with E-state index in [1.165, 1.54) is 12.0 Å². The van der Waals surface area contributed by atoms with E-state index in [0.29, 0.717) is 0 Å². The van der Waals surface area contributed by atoms with Crippen molar-refractivity contribution in [3.8, 4) is 6.07 Å². The van der Waals surface area contributed by atoms with Gasteiger partial charge in [0, 0.05) is 4.88 Å². The van der Waals surface area contributed by atoms with Crippen LogP contribution >= 0.6 is 50.6 Å². The molecule has 1 aromatic heterocycles. The zero-order chi connectivity index (χ0) is 14.2. The van der Waals surface area contributed by atoms with Crippen LogP contribution < -0.4 is 5.90 Å². The van der Waals surface area contributed by atoms with Crippen molar-refractivity contribution in [3.05, 3.63) is 19.8 Å². The number of thiophene rings is 1. The summed E-state index contributed by atoms with van der Waals surface area (Å²) in [6.45, 7) is 3.87. The Morgan fingerprint density at radius 2 is 2.22 bits per heavy atom. The first-order chi connectivity index (χ1) is 8.36. The maximum absolute atomic E-state index is 8.85. The average molecular weight is 372 g/mol. The van der Waals surface area contributed by atoms with Gasteiger partial charge in [-0.25, -0.2) is 5.90 Å². The normalized spacial score (nSPS) is 10.5. The highest BCUT2D eigenvalue weighted by Crippen LogP contribution is 2.33. The van der Waals surface area contributed by atoms with Crippen molar-refractivity contribution in [2.75, 3.05) is 12.9 Å². The minimum atomic E-state index is -0.305. The summed E-state index contributed by atoms with van der Waals surface area (Å²) in [6, 6.07) is 4.19. The van der Waals surface area contributed by atoms with Crippen molar-refractivity contribution in [1.29, 1.82) is 5.26 Å². The molecule has 0 aliphatic heterocycles. The Kier molecular flexibility index (Phi) is 9.30. The highest BCUT2D eigenvalue weighted by atomic mass is 79.9. The largest absolute Gasteiger partial charge is 0.308 e. The number of hydrogen-bond donors (Lipinski definition) is 1. The second-order valence-corrected chi connectivity index (χ2v) is 8.42. The van der Waals surface area contributed by atoms with E-state index in [1.807, 2.05) is 19.9 Å². The first-order valence-corrected chi connectivity index (χ1v) is 8.05. The van der Waals surface area contributed by atoms with Crippen molar-refractivity contribution in [1.82, 2.24) is 0 Å². The third-order valence-corrected chi connectivity index (χ3v) is 5.16. The molecule has 3 nitrogen and oxygen atoms in total. The lowest BCUT2D eigenvalue weighted by Crippen LogP contribution is -2.11. The Bertz CT molecular complexity index is 404. The summed E-state index contributed by atoms with van der Waals surface area (Å²) in [7, 11) is 1.40. The summed E-state index contributed by atoms with van der Waals surface area (Å²) >= 11 is 12.8. The van der Waals surface area contributed by atoms with Gasteiger partial charge in [0.1, 0.15) is 0 Å². The first-order valence-electron chi connectivity index (χ1n) is 5.08. The molecule has 102 valence electrons. The van der Waals surface area contributed by atoms with Crippen LogP contribution in [0.3, 0.4) is 0 Å². The van der Waals surface area contributed by atoms with Crippen molar-refractivity contribution >= 4 is 50.6 Å². The molecule has 0 spiro atoms. The van der Waals surface area contributed by atoms with E-state index >= 15 is 0 Å². The van der Waals surface area contributed by atoms with Gasteiger partial charge >= 0.3 is 0 Å². The number of thioether (sulfide) groups is 1. The van der Waals surface area contributed by atoms with Crippen LogP contribution in [-0.4, -0.2) is 17.6 Å². The van der Waals surface area contributed by atoms with E-state index in [4.69, 9.17) is 16.9 Å². The lowest BCUT2D eigenvalue weighted by atomic mass is 10.2. The molecular weight excluding hydrogens is 356 g/mol. The standard InChI is InChI=1S/C10H11BrClNS2.CH5NO/c1-10(2,6-13)14-4-3-8-7(12)5-9(11)15-8;1-3-2/h5H,3-4H2,1-2H3;2H2,1H3. The molecule has 0 unspecified atom stereocenters. The summed E-state index contributed by atoms with van der Waals surface area (Å²) in [5, 5.41) is 9.67. The van der Waals surface area contributed by atoms with Crippen LogP contribution in [0.25, 0.3) is 0 Å². The lowest BCUT2D eigenvalue weighted by Gasteiger charge is -2.13. The number of rotatable bonds is 4. The van der Waals surface area contributed by atoms with Gasteiger partial charge in [-0.3, -0.25) is 0 Å². The van der Waals surface area contributed by atoms with Crippen molar-refractivity contribution in [3.63, 3.8) is 0 Å². The van der Waals surface area contributed by atoms with E-state index in [1.54, 1.807) is 23.1 Å². The van der Waals surface area contributed by atoms with Gasteiger partial charge < -0.3 is 4.84 Å². The summed E-state index contributed by atoms with van der Waals surface area (Å²) in [5.74, 6) is 5.27. The molecule has 0 aliphatic carbocycles. The fraction of sp³-hybridized carbons (Fsp3) is 0.545. The number of aryl methyl sites for hydroxylation is 1. The molecule has 2 N–H and O–H groups in total. The van der Waals surface area contributed by atoms with Gasteiger partial charge in [0.2, 0.25) is 0 Å². The Morgan fingerprint density at radius 3 is 2.61 bits per heavy atom. The quantitative estimate of drug-likeness (QED) is 0.804. The minimum Gasteiger partial charge on any atom is -0.308 e. The fourth-order valence-corrected chi connectivity index (χ4v) is 4.09. The molecule has 18 heavy (non-hydrogen) atoms. The van der Waals surface area contributed by atoms with Gasteiger partial charge in [-0.2, -0.15) is 5.26 Å². The SMILES string of the molecule is CC(C)(C#N)SCCc1sc(Br)cc1Cl.CON. The Balaban J connectivity index is 0.000000873. The molecule has 1 rings (SSSR count). The van der Waals surface area contributed by atoms with Gasteiger partial charge in [0.15, 0.2) is 0 Å². The second kappa shape index (κ2) is 9.18. The third kappa shape index (κ3) is 7.62. The van der Waals surface area contributed by atoms with Gasteiger partial charge in [-0.15, -0.1) is 23.1 Å². The van der Waals surface area contributed by atoms with E-state index in [9.17, 15) is 0 Å². The lowest BCUT2D eigenvalue weighted by molar-refractivity contribution is 0.206. The second-order valence-electron chi connectivity index (χ2n) is 3.78. The molecular formula is C11H16BrClN2OS2. The van der Waals surface area contributed by atoms with E-state index < -0.39 is 0 Å². The molecule has 1 aromatic rings. The molecule has 0 aromatic carbocycles. The first kappa shape index (κ1) is 18.2. The Labute approximate surface area is 130 Å². The van der Waals surface area contributed by atoms with Crippen molar-refractivity contribution < 1.29 is 4.84 Å². The topological polar surface area (TPSA) is 59.0 Å². The number of nitriles is 1. The molecule has 0 amide bonds. The fourth-order valence-electron chi connectivity index (χ4n) is 0.978. The van der Waals surface area contributed by atoms with E-state index in [0.717, 1.165) is 21.0 Å². The monoisotopic (exact) mass is 370 g/mol. The third-order valence-electron chi connectivity index (χ3n) is 1.79. The van der Waals surface area contributed by atoms with Gasteiger partial charge in [0.25, 0.3) is 0 Å². The number of nitrogens with two attached hydrogens (primary N) is 1. The number of hydrogen-bond acceptors (Lipinski definition) is 5. The predicted molar refractivity (Wildman–Crippen MR) is 84.1 cm³/mol. The molecule has 7 heteroatoms. The average Bonchev–Trinajstić information content (AvgIpc) is 2.58. The molecule has 0 atom stereocenters. The molecule has 0 aliphatic rings. The van der Waals surface area contributed by atoms with Crippen LogP contribution in [0.5, 0.6) is 0 Å². The summed E-state index contributed by atoms with van der Waals surface area (Å²) in [5.41, 5.74) is 0. The van der Waals surface area contributed by atoms with E-state index in [-0.39, 0.29) is 4.75 Å². The summed E-state index contributed by atoms with van der Waals surface area (Å²) in [6.07, 6.45) is 0.922. The smallest absolute Gasteiger partial charge is 0.0967 e. The summed E-state index contributed by atoms with van der Waals surface area (Å²) < 4.78 is 0.757. The van der Waals surface area contributed by atoms with E-state index in [2.05, 4.69) is 32.7 Å². The van der Waals surface area contributed by atoms with Crippen LogP contribution in [0.4, 0.5) is 0 Å². The Morgan fingerprint density at radius 1 is 1.67 bits per heavy atom. The predicted octanol–water partition coefficient (Wildman–Crippen LogP) is 4.25. The van der Waals surface area contributed by atoms with Crippen LogP contribution in [0.2, 0.25) is 5.02 Å². The zero-order valence-electron chi connectivity index (χ0n) is 10.5. The van der Waals surface area contributed by atoms with Gasteiger partial charge in [-0.1, -0.05) is 11.6 Å². The van der Waals surface area contributed by atoms with Gasteiger partial charge in [0.05, 0.1) is 26.7 Å². The maximum atomic E-state index is 8.85. The van der Waals surface area contributed by atoms with Crippen LogP contribution in [0, 0.1) is 11.3 Å². The molecule has 0 saturated carbocycles. The van der Waals surface area contributed by atoms with Crippen LogP contribution in [0.1, 0.15) is 18.7 Å². The van der Waals surface area contributed by atoms with Crippen molar-refractivity contribution in [2.45, 2.75) is 25.0 Å². The Hall–Kier alpha value is 0.230. The van der Waals surface area contributed by atoms with Crippen molar-refractivity contribution in [2.24, 2.45) is 5.90 Å². The van der Waals surface area contributed by atoms with Crippen LogP contribution in [0.15, 0.2) is 9.85 Å². The zero-order valence-corrected chi connectivity index (χ0v) is 14.5. The molecule has 1 heterocycles. The highest BCUT2D eigenvalue weighted by molar-refractivity contribution is 9.11. The molecule has 0 fully saturated rings. The number of nitrogens with zero attached hydrogens (tertiary/aromatic N) is 1. The minimum absolute atomic E-state index is 0.305. The number of halogens is 2. The molecule has 0 saturated heterocycles. The molecule has 0 bridgehead atoms. The molecule has 0 radical (unpaired) electrons. The maximum Gasteiger partial charge on any atom is 0.0967 e. The van der Waals surface area contributed by atoms with Gasteiger partial charge in [-0.05, 0) is 48.0 Å².